The van der Waals surface area contributed by atoms with E-state index in [1.165, 1.54) is 36.5 Å². The highest BCUT2D eigenvalue weighted by Gasteiger charge is 2.32. The molecular weight excluding hydrogens is 384 g/mol. The molecule has 0 saturated carbocycles. The van der Waals surface area contributed by atoms with Crippen LogP contribution >= 0.6 is 0 Å². The number of primary amides is 1. The predicted octanol–water partition coefficient (Wildman–Crippen LogP) is 1.48. The van der Waals surface area contributed by atoms with Crippen LogP contribution in [0.25, 0.3) is 0 Å². The molecule has 28 heavy (non-hydrogen) atoms. The van der Waals surface area contributed by atoms with Crippen molar-refractivity contribution in [3.05, 3.63) is 53.6 Å². The molecule has 1 heterocycles. The molecule has 1 atom stereocenters. The van der Waals surface area contributed by atoms with E-state index < -0.39 is 28.0 Å². The zero-order valence-corrected chi connectivity index (χ0v) is 16.2. The fourth-order valence-electron chi connectivity index (χ4n) is 2.97. The molecule has 0 spiro atoms. The van der Waals surface area contributed by atoms with Gasteiger partial charge in [-0.2, -0.15) is 0 Å². The molecule has 1 amide bonds. The maximum absolute atomic E-state index is 13.2. The van der Waals surface area contributed by atoms with Gasteiger partial charge in [-0.25, -0.2) is 13.2 Å². The van der Waals surface area contributed by atoms with Gasteiger partial charge in [-0.05, 0) is 43.2 Å². The van der Waals surface area contributed by atoms with E-state index in [1.54, 1.807) is 12.1 Å². The Morgan fingerprint density at radius 2 is 1.89 bits per heavy atom. The van der Waals surface area contributed by atoms with Crippen molar-refractivity contribution in [2.75, 3.05) is 18.0 Å². The maximum Gasteiger partial charge on any atom is 0.342 e. The zero-order chi connectivity index (χ0) is 20.5. The van der Waals surface area contributed by atoms with Gasteiger partial charge in [0.15, 0.2) is 6.10 Å². The molecule has 1 aliphatic rings. The van der Waals surface area contributed by atoms with Gasteiger partial charge in [-0.3, -0.25) is 9.10 Å². The molecule has 2 aromatic carbocycles. The van der Waals surface area contributed by atoms with Crippen molar-refractivity contribution in [1.29, 1.82) is 0 Å². The number of anilines is 1. The normalized spacial score (nSPS) is 14.3. The van der Waals surface area contributed by atoms with E-state index in [1.807, 2.05) is 12.1 Å². The number of carbonyl (C=O) groups is 2. The number of rotatable bonds is 6. The molecule has 0 aromatic heterocycles. The van der Waals surface area contributed by atoms with E-state index >= 15 is 0 Å². The number of benzene rings is 2. The highest BCUT2D eigenvalue weighted by molar-refractivity contribution is 7.92. The van der Waals surface area contributed by atoms with Gasteiger partial charge in [-0.15, -0.1) is 0 Å². The lowest BCUT2D eigenvalue weighted by atomic mass is 10.2. The second-order valence-electron chi connectivity index (χ2n) is 6.27. The van der Waals surface area contributed by atoms with Crippen LogP contribution in [-0.2, 0) is 26.0 Å². The number of sulfonamides is 1. The van der Waals surface area contributed by atoms with Gasteiger partial charge >= 0.3 is 5.97 Å². The van der Waals surface area contributed by atoms with Crippen molar-refractivity contribution < 1.29 is 27.5 Å². The van der Waals surface area contributed by atoms with Crippen molar-refractivity contribution >= 4 is 27.6 Å². The number of fused-ring (bicyclic) bond motifs is 1. The number of nitrogens with two attached hydrogens (primary N) is 1. The summed E-state index contributed by atoms with van der Waals surface area (Å²) in [7, 11) is -2.56. The molecule has 1 aliphatic heterocycles. The summed E-state index contributed by atoms with van der Waals surface area (Å²) in [4.78, 5) is 23.5. The zero-order valence-electron chi connectivity index (χ0n) is 15.4. The largest absolute Gasteiger partial charge is 0.496 e. The summed E-state index contributed by atoms with van der Waals surface area (Å²) in [5, 5.41) is 0. The Bertz CT molecular complexity index is 1030. The topological polar surface area (TPSA) is 116 Å². The van der Waals surface area contributed by atoms with Crippen LogP contribution in [0, 0.1) is 0 Å². The monoisotopic (exact) mass is 404 g/mol. The molecule has 148 valence electrons. The average molecular weight is 404 g/mol. The minimum atomic E-state index is -3.90. The van der Waals surface area contributed by atoms with Crippen molar-refractivity contribution in [3.63, 3.8) is 0 Å². The number of hydrogen-bond donors (Lipinski definition) is 1. The lowest BCUT2D eigenvalue weighted by Crippen LogP contribution is -2.31. The van der Waals surface area contributed by atoms with Crippen molar-refractivity contribution in [2.24, 2.45) is 5.73 Å². The lowest BCUT2D eigenvalue weighted by Gasteiger charge is -2.20. The number of amides is 1. The Balaban J connectivity index is 1.99. The third-order valence-corrected chi connectivity index (χ3v) is 6.32. The van der Waals surface area contributed by atoms with Crippen LogP contribution in [0.3, 0.4) is 0 Å². The van der Waals surface area contributed by atoms with Crippen LogP contribution in [0.1, 0.15) is 22.8 Å². The van der Waals surface area contributed by atoms with Crippen LogP contribution in [0.15, 0.2) is 47.4 Å². The Hall–Kier alpha value is -3.07. The predicted molar refractivity (Wildman–Crippen MR) is 102 cm³/mol. The van der Waals surface area contributed by atoms with E-state index in [0.717, 1.165) is 5.56 Å². The molecule has 8 nitrogen and oxygen atoms in total. The molecule has 0 aliphatic carbocycles. The summed E-state index contributed by atoms with van der Waals surface area (Å²) in [6.45, 7) is 1.64. The molecule has 0 radical (unpaired) electrons. The van der Waals surface area contributed by atoms with Gasteiger partial charge in [0, 0.05) is 6.54 Å². The van der Waals surface area contributed by atoms with E-state index in [-0.39, 0.29) is 16.2 Å². The molecule has 0 unspecified atom stereocenters. The van der Waals surface area contributed by atoms with Crippen molar-refractivity contribution in [3.8, 4) is 5.75 Å². The minimum absolute atomic E-state index is 0.0799. The van der Waals surface area contributed by atoms with E-state index in [4.69, 9.17) is 15.2 Å². The molecule has 3 rings (SSSR count). The summed E-state index contributed by atoms with van der Waals surface area (Å²) in [6.07, 6.45) is -0.556. The van der Waals surface area contributed by atoms with Gasteiger partial charge in [0.1, 0.15) is 11.3 Å². The first-order valence-electron chi connectivity index (χ1n) is 8.54. The summed E-state index contributed by atoms with van der Waals surface area (Å²) in [5.41, 5.74) is 6.56. The quantitative estimate of drug-likeness (QED) is 0.729. The van der Waals surface area contributed by atoms with Crippen molar-refractivity contribution in [2.45, 2.75) is 24.3 Å². The number of esters is 1. The third-order valence-electron chi connectivity index (χ3n) is 4.51. The van der Waals surface area contributed by atoms with Crippen LogP contribution < -0.4 is 14.8 Å². The molecule has 2 N–H and O–H groups in total. The van der Waals surface area contributed by atoms with Gasteiger partial charge in [0.25, 0.3) is 15.9 Å². The van der Waals surface area contributed by atoms with Gasteiger partial charge < -0.3 is 15.2 Å². The molecule has 2 aromatic rings. The number of carbonyl (C=O) groups excluding carboxylic acids is 2. The van der Waals surface area contributed by atoms with Gasteiger partial charge in [0.2, 0.25) is 0 Å². The first-order chi connectivity index (χ1) is 13.3. The Kier molecular flexibility index (Phi) is 5.28. The second-order valence-corrected chi connectivity index (χ2v) is 8.13. The van der Waals surface area contributed by atoms with Crippen LogP contribution in [0.2, 0.25) is 0 Å². The fraction of sp³-hybridized carbons (Fsp3) is 0.263. The van der Waals surface area contributed by atoms with Crippen LogP contribution in [-0.4, -0.2) is 40.1 Å². The number of para-hydroxylation sites is 1. The Morgan fingerprint density at radius 1 is 1.18 bits per heavy atom. The van der Waals surface area contributed by atoms with Crippen LogP contribution in [0.4, 0.5) is 5.69 Å². The number of hydrogen-bond acceptors (Lipinski definition) is 6. The fourth-order valence-corrected chi connectivity index (χ4v) is 4.50. The van der Waals surface area contributed by atoms with E-state index in [9.17, 15) is 18.0 Å². The minimum Gasteiger partial charge on any atom is -0.496 e. The summed E-state index contributed by atoms with van der Waals surface area (Å²) < 4.78 is 37.8. The van der Waals surface area contributed by atoms with E-state index in [2.05, 4.69) is 0 Å². The Labute approximate surface area is 162 Å². The maximum atomic E-state index is 13.2. The Morgan fingerprint density at radius 3 is 2.57 bits per heavy atom. The number of ether oxygens (including phenoxy) is 2. The summed E-state index contributed by atoms with van der Waals surface area (Å²) in [5.74, 6) is -1.59. The highest BCUT2D eigenvalue weighted by atomic mass is 32.2. The first kappa shape index (κ1) is 19.7. The summed E-state index contributed by atoms with van der Waals surface area (Å²) in [6, 6.07) is 11.2. The standard InChI is InChI=1S/C19H20N2O6S/c1-12(18(20)22)27-19(23)15-11-14(7-8-17(15)26-2)28(24,25)21-10-9-13-5-3-4-6-16(13)21/h3-8,11-12H,9-10H2,1-2H3,(H2,20,22)/t12-/m0/s1. The molecule has 9 heteroatoms. The third kappa shape index (κ3) is 3.53. The molecule has 0 fully saturated rings. The SMILES string of the molecule is COc1ccc(S(=O)(=O)N2CCc3ccccc32)cc1C(=O)O[C@@H](C)C(N)=O. The lowest BCUT2D eigenvalue weighted by molar-refractivity contribution is -0.125. The van der Waals surface area contributed by atoms with Crippen molar-refractivity contribution in [1.82, 2.24) is 0 Å². The number of nitrogens with zero attached hydrogens (tertiary/aromatic N) is 1. The van der Waals surface area contributed by atoms with E-state index in [0.29, 0.717) is 18.7 Å². The van der Waals surface area contributed by atoms with Gasteiger partial charge in [-0.1, -0.05) is 18.2 Å². The number of methoxy groups -OCH3 is 1. The van der Waals surface area contributed by atoms with Gasteiger partial charge in [0.05, 0.1) is 17.7 Å². The molecule has 0 saturated heterocycles. The smallest absolute Gasteiger partial charge is 0.342 e. The molecule has 0 bridgehead atoms. The second kappa shape index (κ2) is 7.51. The first-order valence-corrected chi connectivity index (χ1v) is 9.98. The van der Waals surface area contributed by atoms with Crippen LogP contribution in [0.5, 0.6) is 5.75 Å². The highest BCUT2D eigenvalue weighted by Crippen LogP contribution is 2.34. The average Bonchev–Trinajstić information content (AvgIpc) is 3.12. The molecular formula is C19H20N2O6S. The summed E-state index contributed by atoms with van der Waals surface area (Å²) >= 11 is 0.